The van der Waals surface area contributed by atoms with Gasteiger partial charge in [0, 0.05) is 6.42 Å². The van der Waals surface area contributed by atoms with E-state index in [-0.39, 0.29) is 18.4 Å². The first-order chi connectivity index (χ1) is 7.31. The third kappa shape index (κ3) is 13.7. The van der Waals surface area contributed by atoms with Gasteiger partial charge in [0.2, 0.25) is 0 Å². The van der Waals surface area contributed by atoms with E-state index in [4.69, 9.17) is 0 Å². The molecule has 98 valence electrons. The smallest absolute Gasteiger partial charge is 0.305 e. The van der Waals surface area contributed by atoms with Crippen molar-refractivity contribution in [2.24, 2.45) is 0 Å². The quantitative estimate of drug-likeness (QED) is 0.397. The van der Waals surface area contributed by atoms with E-state index in [1.165, 1.54) is 45.6 Å². The highest BCUT2D eigenvalue weighted by atomic mass is 35.5. The molecule has 0 aromatic rings. The Balaban J connectivity index is 0. The Bertz CT molecular complexity index is 154. The number of carbonyl (C=O) groups is 1. The van der Waals surface area contributed by atoms with Crippen LogP contribution in [-0.2, 0) is 9.53 Å². The number of unbranched alkanes of at least 4 members (excludes halogenated alkanes) is 7. The summed E-state index contributed by atoms with van der Waals surface area (Å²) in [5.74, 6) is -0.0783. The number of rotatable bonds is 10. The van der Waals surface area contributed by atoms with E-state index in [1.54, 1.807) is 0 Å². The molecule has 0 aromatic carbocycles. The fraction of sp³-hybridized carbons (Fsp3) is 0.917. The monoisotopic (exact) mass is 251 g/mol. The van der Waals surface area contributed by atoms with Gasteiger partial charge >= 0.3 is 5.97 Å². The maximum Gasteiger partial charge on any atom is 0.305 e. The number of ether oxygens (including phenoxy) is 1. The first kappa shape index (κ1) is 18.1. The van der Waals surface area contributed by atoms with Crippen LogP contribution in [0.3, 0.4) is 0 Å². The molecule has 0 rings (SSSR count). The second-order valence-corrected chi connectivity index (χ2v) is 4.01. The van der Waals surface area contributed by atoms with Gasteiger partial charge in [-0.15, -0.1) is 0 Å². The average molecular weight is 252 g/mol. The van der Waals surface area contributed by atoms with Crippen molar-refractivity contribution < 1.29 is 27.7 Å². The van der Waals surface area contributed by atoms with Crippen molar-refractivity contribution in [3.8, 4) is 0 Å². The summed E-state index contributed by atoms with van der Waals surface area (Å²) in [4.78, 5) is 10.8. The molecule has 0 heterocycles. The third-order valence-corrected chi connectivity index (χ3v) is 2.61. The van der Waals surface area contributed by atoms with Gasteiger partial charge in [-0.25, -0.2) is 0 Å². The number of hydrogen-bond donors (Lipinski definition) is 1. The summed E-state index contributed by atoms with van der Waals surface area (Å²) in [6, 6.07) is 0. The molecule has 0 aliphatic carbocycles. The number of quaternary nitrogens is 1. The van der Waals surface area contributed by atoms with Crippen molar-refractivity contribution in [1.82, 2.24) is 0 Å². The lowest BCUT2D eigenvalue weighted by atomic mass is 10.1. The molecular formula is C12H26ClNO2. The normalized spacial score (nSPS) is 9.62. The van der Waals surface area contributed by atoms with Crippen LogP contribution in [0.15, 0.2) is 0 Å². The van der Waals surface area contributed by atoms with Gasteiger partial charge in [0.15, 0.2) is 0 Å². The van der Waals surface area contributed by atoms with Gasteiger partial charge in [-0.05, 0) is 19.3 Å². The second kappa shape index (κ2) is 14.7. The van der Waals surface area contributed by atoms with Crippen molar-refractivity contribution in [3.05, 3.63) is 0 Å². The minimum atomic E-state index is -0.0783. The lowest BCUT2D eigenvalue weighted by molar-refractivity contribution is -0.368. The zero-order valence-corrected chi connectivity index (χ0v) is 11.2. The Kier molecular flexibility index (Phi) is 16.6. The molecule has 0 unspecified atom stereocenters. The largest absolute Gasteiger partial charge is 1.00 e. The van der Waals surface area contributed by atoms with Gasteiger partial charge in [-0.1, -0.05) is 32.1 Å². The van der Waals surface area contributed by atoms with E-state index in [2.05, 4.69) is 10.5 Å². The van der Waals surface area contributed by atoms with Crippen molar-refractivity contribution in [1.29, 1.82) is 0 Å². The Morgan fingerprint density at radius 2 is 1.38 bits per heavy atom. The molecule has 0 aliphatic heterocycles. The highest BCUT2D eigenvalue weighted by Gasteiger charge is 1.98. The van der Waals surface area contributed by atoms with Crippen LogP contribution in [0.25, 0.3) is 0 Å². The van der Waals surface area contributed by atoms with Crippen LogP contribution in [0.4, 0.5) is 0 Å². The lowest BCUT2D eigenvalue weighted by Crippen LogP contribution is -3.00. The molecule has 0 spiro atoms. The third-order valence-electron chi connectivity index (χ3n) is 2.61. The Morgan fingerprint density at radius 3 is 1.81 bits per heavy atom. The Morgan fingerprint density at radius 1 is 0.938 bits per heavy atom. The zero-order chi connectivity index (χ0) is 11.4. The van der Waals surface area contributed by atoms with E-state index in [9.17, 15) is 4.79 Å². The number of hydrogen-bond acceptors (Lipinski definition) is 2. The predicted octanol–water partition coefficient (Wildman–Crippen LogP) is -1.08. The van der Waals surface area contributed by atoms with Crippen LogP contribution in [0.5, 0.6) is 0 Å². The van der Waals surface area contributed by atoms with Gasteiger partial charge in [0.1, 0.15) is 0 Å². The van der Waals surface area contributed by atoms with Crippen LogP contribution in [0.2, 0.25) is 0 Å². The Hall–Kier alpha value is -0.280. The summed E-state index contributed by atoms with van der Waals surface area (Å²) in [7, 11) is 1.45. The van der Waals surface area contributed by atoms with Gasteiger partial charge < -0.3 is 22.9 Å². The summed E-state index contributed by atoms with van der Waals surface area (Å²) < 4.78 is 4.58. The molecule has 0 fully saturated rings. The summed E-state index contributed by atoms with van der Waals surface area (Å²) in [5, 5.41) is 0. The molecule has 4 heteroatoms. The van der Waals surface area contributed by atoms with E-state index in [0.29, 0.717) is 6.42 Å². The SMILES string of the molecule is COC(=O)CCCCCCCCCC[NH3+].[Cl-]. The van der Waals surface area contributed by atoms with E-state index in [0.717, 1.165) is 19.4 Å². The van der Waals surface area contributed by atoms with Crippen molar-refractivity contribution in [2.75, 3.05) is 13.7 Å². The summed E-state index contributed by atoms with van der Waals surface area (Å²) in [6.07, 6.45) is 10.5. The first-order valence-corrected chi connectivity index (χ1v) is 6.17. The van der Waals surface area contributed by atoms with Crippen molar-refractivity contribution >= 4 is 5.97 Å². The molecule has 0 radical (unpaired) electrons. The average Bonchev–Trinajstić information content (AvgIpc) is 2.26. The Labute approximate surface area is 106 Å². The van der Waals surface area contributed by atoms with Crippen LogP contribution >= 0.6 is 0 Å². The van der Waals surface area contributed by atoms with E-state index in [1.807, 2.05) is 0 Å². The minimum Gasteiger partial charge on any atom is -1.00 e. The topological polar surface area (TPSA) is 53.9 Å². The molecule has 0 aliphatic rings. The van der Waals surface area contributed by atoms with Crippen LogP contribution in [-0.4, -0.2) is 19.6 Å². The predicted molar refractivity (Wildman–Crippen MR) is 61.3 cm³/mol. The molecule has 0 bridgehead atoms. The highest BCUT2D eigenvalue weighted by molar-refractivity contribution is 5.68. The van der Waals surface area contributed by atoms with Gasteiger partial charge in [-0.2, -0.15) is 0 Å². The molecule has 3 N–H and O–H groups in total. The van der Waals surface area contributed by atoms with Crippen LogP contribution in [0, 0.1) is 0 Å². The van der Waals surface area contributed by atoms with Crippen LogP contribution < -0.4 is 18.1 Å². The molecule has 0 saturated heterocycles. The first-order valence-electron chi connectivity index (χ1n) is 6.17. The molecule has 3 nitrogen and oxygen atoms in total. The highest BCUT2D eigenvalue weighted by Crippen LogP contribution is 2.09. The van der Waals surface area contributed by atoms with Crippen LogP contribution in [0.1, 0.15) is 57.8 Å². The minimum absolute atomic E-state index is 0. The molecule has 16 heavy (non-hydrogen) atoms. The summed E-state index contributed by atoms with van der Waals surface area (Å²) >= 11 is 0. The fourth-order valence-corrected chi connectivity index (χ4v) is 1.61. The van der Waals surface area contributed by atoms with Gasteiger partial charge in [0.25, 0.3) is 0 Å². The number of methoxy groups -OCH3 is 1. The van der Waals surface area contributed by atoms with Crippen molar-refractivity contribution in [2.45, 2.75) is 57.8 Å². The maximum absolute atomic E-state index is 10.8. The molecule has 0 atom stereocenters. The molecule has 0 amide bonds. The van der Waals surface area contributed by atoms with E-state index >= 15 is 0 Å². The summed E-state index contributed by atoms with van der Waals surface area (Å²) in [5.41, 5.74) is 3.82. The van der Waals surface area contributed by atoms with E-state index < -0.39 is 0 Å². The zero-order valence-electron chi connectivity index (χ0n) is 10.5. The molecular weight excluding hydrogens is 226 g/mol. The number of halogens is 1. The summed E-state index contributed by atoms with van der Waals surface area (Å²) in [6.45, 7) is 1.07. The standard InChI is InChI=1S/C12H25NO2.ClH/c1-15-12(14)10-8-6-4-2-3-5-7-9-11-13;/h2-11,13H2,1H3;1H. The maximum atomic E-state index is 10.8. The lowest BCUT2D eigenvalue weighted by Gasteiger charge is -2.01. The molecule has 0 saturated carbocycles. The van der Waals surface area contributed by atoms with Crippen molar-refractivity contribution in [3.63, 3.8) is 0 Å². The fourth-order valence-electron chi connectivity index (χ4n) is 1.61. The number of carbonyl (C=O) groups excluding carboxylic acids is 1. The molecule has 0 aromatic heterocycles. The number of esters is 1. The van der Waals surface area contributed by atoms with Gasteiger partial charge in [0.05, 0.1) is 13.7 Å². The van der Waals surface area contributed by atoms with Gasteiger partial charge in [-0.3, -0.25) is 4.79 Å². The second-order valence-electron chi connectivity index (χ2n) is 4.01.